The lowest BCUT2D eigenvalue weighted by Gasteiger charge is -2.12. The van der Waals surface area contributed by atoms with Crippen molar-refractivity contribution in [3.05, 3.63) is 94.1 Å². The number of thiazole rings is 1. The Bertz CT molecular complexity index is 1690. The predicted octanol–water partition coefficient (Wildman–Crippen LogP) is 5.40. The Labute approximate surface area is 253 Å². The first kappa shape index (κ1) is 31.8. The van der Waals surface area contributed by atoms with Crippen LogP contribution in [-0.4, -0.2) is 49.5 Å². The molecule has 1 heterocycles. The number of amides is 4. The molecule has 0 unspecified atom stereocenters. The first-order chi connectivity index (χ1) is 21.1. The molecule has 0 fully saturated rings. The highest BCUT2D eigenvalue weighted by Crippen LogP contribution is 2.28. The van der Waals surface area contributed by atoms with E-state index in [4.69, 9.17) is 9.47 Å². The van der Waals surface area contributed by atoms with Gasteiger partial charge >= 0.3 is 12.4 Å². The third kappa shape index (κ3) is 8.47. The highest BCUT2D eigenvalue weighted by molar-refractivity contribution is 7.07. The number of nitrogens with zero attached hydrogens (tertiary/aromatic N) is 2. The topological polar surface area (TPSA) is 120 Å². The lowest BCUT2D eigenvalue weighted by Crippen LogP contribution is -2.40. The zero-order chi connectivity index (χ0) is 31.7. The van der Waals surface area contributed by atoms with Crippen molar-refractivity contribution >= 4 is 29.2 Å². The van der Waals surface area contributed by atoms with Crippen molar-refractivity contribution in [2.24, 2.45) is 4.99 Å². The SMILES string of the molecule is COc1ccc(C(=O)/N=c2\scc(-c3ccc(OC(F)(F)F)cc3)n2CCCNC(=O)NC(=O)c2ccccc2)c(OC)c1. The Morgan fingerprint density at radius 3 is 2.30 bits per heavy atom. The monoisotopic (exact) mass is 628 g/mol. The number of imide groups is 1. The molecule has 0 spiro atoms. The fourth-order valence-electron chi connectivity index (χ4n) is 4.06. The van der Waals surface area contributed by atoms with Crippen LogP contribution < -0.4 is 29.6 Å². The van der Waals surface area contributed by atoms with Gasteiger partial charge in [-0.25, -0.2) is 4.79 Å². The Hall–Kier alpha value is -5.11. The fraction of sp³-hybridized carbons (Fsp3) is 0.200. The minimum atomic E-state index is -4.83. The summed E-state index contributed by atoms with van der Waals surface area (Å²) in [5.41, 5.74) is 1.65. The summed E-state index contributed by atoms with van der Waals surface area (Å²) in [7, 11) is 2.90. The summed E-state index contributed by atoms with van der Waals surface area (Å²) >= 11 is 1.15. The number of benzene rings is 3. The van der Waals surface area contributed by atoms with Gasteiger partial charge < -0.3 is 24.1 Å². The molecule has 1 aromatic heterocycles. The van der Waals surface area contributed by atoms with Crippen LogP contribution in [0.1, 0.15) is 27.1 Å². The first-order valence-electron chi connectivity index (χ1n) is 13.1. The molecule has 0 saturated carbocycles. The van der Waals surface area contributed by atoms with E-state index in [2.05, 4.69) is 20.4 Å². The number of carbonyl (C=O) groups is 3. The van der Waals surface area contributed by atoms with E-state index in [1.807, 2.05) is 0 Å². The molecule has 0 aliphatic heterocycles. The van der Waals surface area contributed by atoms with Crippen LogP contribution in [0.2, 0.25) is 0 Å². The van der Waals surface area contributed by atoms with Crippen LogP contribution >= 0.6 is 11.3 Å². The average Bonchev–Trinajstić information content (AvgIpc) is 3.40. The summed E-state index contributed by atoms with van der Waals surface area (Å²) in [6.07, 6.45) is -4.47. The molecule has 0 atom stereocenters. The first-order valence-corrected chi connectivity index (χ1v) is 14.0. The number of carbonyl (C=O) groups excluding carboxylic acids is 3. The molecule has 4 aromatic rings. The maximum atomic E-state index is 13.2. The van der Waals surface area contributed by atoms with Crippen molar-refractivity contribution in [1.29, 1.82) is 0 Å². The lowest BCUT2D eigenvalue weighted by atomic mass is 10.1. The van der Waals surface area contributed by atoms with Crippen LogP contribution in [-0.2, 0) is 6.54 Å². The lowest BCUT2D eigenvalue weighted by molar-refractivity contribution is -0.274. The second-order valence-electron chi connectivity index (χ2n) is 9.04. The Balaban J connectivity index is 1.55. The van der Waals surface area contributed by atoms with Crippen LogP contribution in [0, 0.1) is 0 Å². The molecule has 4 amide bonds. The average molecular weight is 629 g/mol. The number of urea groups is 1. The second kappa shape index (κ2) is 14.4. The molecule has 10 nitrogen and oxygen atoms in total. The molecular weight excluding hydrogens is 601 g/mol. The molecule has 0 saturated heterocycles. The number of ether oxygens (including phenoxy) is 3. The van der Waals surface area contributed by atoms with Crippen molar-refractivity contribution in [3.63, 3.8) is 0 Å². The van der Waals surface area contributed by atoms with Gasteiger partial charge in [0.2, 0.25) is 0 Å². The maximum Gasteiger partial charge on any atom is 0.573 e. The summed E-state index contributed by atoms with van der Waals surface area (Å²) in [5, 5.41) is 6.59. The Kier molecular flexibility index (Phi) is 10.4. The largest absolute Gasteiger partial charge is 0.573 e. The van der Waals surface area contributed by atoms with Crippen LogP contribution in [0.3, 0.4) is 0 Å². The van der Waals surface area contributed by atoms with Gasteiger partial charge in [0, 0.05) is 30.1 Å². The summed E-state index contributed by atoms with van der Waals surface area (Å²) in [4.78, 5) is 42.3. The summed E-state index contributed by atoms with van der Waals surface area (Å²) in [5.74, 6) is -0.759. The minimum absolute atomic E-state index is 0.161. The molecule has 0 aliphatic carbocycles. The number of hydrogen-bond acceptors (Lipinski definition) is 7. The Morgan fingerprint density at radius 1 is 0.932 bits per heavy atom. The highest BCUT2D eigenvalue weighted by atomic mass is 32.1. The number of aromatic nitrogens is 1. The van der Waals surface area contributed by atoms with Crippen molar-refractivity contribution in [3.8, 4) is 28.5 Å². The Morgan fingerprint density at radius 2 is 1.64 bits per heavy atom. The third-order valence-electron chi connectivity index (χ3n) is 6.12. The molecule has 14 heteroatoms. The molecule has 230 valence electrons. The van der Waals surface area contributed by atoms with Gasteiger partial charge in [0.05, 0.1) is 25.5 Å². The van der Waals surface area contributed by atoms with E-state index in [1.54, 1.807) is 52.4 Å². The van der Waals surface area contributed by atoms with Gasteiger partial charge in [0.15, 0.2) is 4.80 Å². The second-order valence-corrected chi connectivity index (χ2v) is 9.88. The predicted molar refractivity (Wildman–Crippen MR) is 156 cm³/mol. The number of halogens is 3. The molecule has 2 N–H and O–H groups in total. The normalized spacial score (nSPS) is 11.5. The zero-order valence-electron chi connectivity index (χ0n) is 23.5. The number of hydrogen-bond donors (Lipinski definition) is 2. The summed E-state index contributed by atoms with van der Waals surface area (Å²) < 4.78 is 54.1. The smallest absolute Gasteiger partial charge is 0.497 e. The number of alkyl halides is 3. The molecule has 4 rings (SSSR count). The quantitative estimate of drug-likeness (QED) is 0.227. The van der Waals surface area contributed by atoms with Crippen LogP contribution in [0.5, 0.6) is 17.2 Å². The third-order valence-corrected chi connectivity index (χ3v) is 6.99. The highest BCUT2D eigenvalue weighted by Gasteiger charge is 2.31. The van der Waals surface area contributed by atoms with E-state index < -0.39 is 24.2 Å². The fourth-order valence-corrected chi connectivity index (χ4v) is 5.00. The van der Waals surface area contributed by atoms with E-state index in [9.17, 15) is 27.6 Å². The molecule has 0 bridgehead atoms. The van der Waals surface area contributed by atoms with E-state index in [0.29, 0.717) is 33.8 Å². The van der Waals surface area contributed by atoms with Gasteiger partial charge in [-0.1, -0.05) is 18.2 Å². The van der Waals surface area contributed by atoms with Gasteiger partial charge in [-0.15, -0.1) is 24.5 Å². The van der Waals surface area contributed by atoms with E-state index in [0.717, 1.165) is 11.3 Å². The van der Waals surface area contributed by atoms with Gasteiger partial charge in [-0.2, -0.15) is 4.99 Å². The zero-order valence-corrected chi connectivity index (χ0v) is 24.3. The molecule has 0 radical (unpaired) electrons. The van der Waals surface area contributed by atoms with E-state index in [1.165, 1.54) is 44.6 Å². The van der Waals surface area contributed by atoms with Crippen molar-refractivity contribution in [1.82, 2.24) is 15.2 Å². The summed E-state index contributed by atoms with van der Waals surface area (Å²) in [6.45, 7) is 0.423. The van der Waals surface area contributed by atoms with Crippen molar-refractivity contribution < 1.29 is 41.8 Å². The van der Waals surface area contributed by atoms with Crippen LogP contribution in [0.25, 0.3) is 11.3 Å². The minimum Gasteiger partial charge on any atom is -0.497 e. The van der Waals surface area contributed by atoms with E-state index >= 15 is 0 Å². The maximum absolute atomic E-state index is 13.2. The number of nitrogens with one attached hydrogen (secondary N) is 2. The van der Waals surface area contributed by atoms with Crippen LogP contribution in [0.15, 0.2) is 83.2 Å². The van der Waals surface area contributed by atoms with Crippen molar-refractivity contribution in [2.75, 3.05) is 20.8 Å². The van der Waals surface area contributed by atoms with Crippen LogP contribution in [0.4, 0.5) is 18.0 Å². The molecule has 0 aliphatic rings. The molecular formula is C30H27F3N4O6S. The van der Waals surface area contributed by atoms with E-state index in [-0.39, 0.29) is 30.2 Å². The summed E-state index contributed by atoms with van der Waals surface area (Å²) in [6, 6.07) is 17.5. The molecule has 3 aromatic carbocycles. The van der Waals surface area contributed by atoms with Gasteiger partial charge in [-0.05, 0) is 60.5 Å². The standard InChI is InChI=1S/C30H27F3N4O6S/c1-41-22-13-14-23(25(17-22)42-2)27(39)36-29-37(16-6-15-34-28(40)35-26(38)20-7-4-3-5-8-20)24(18-44-29)19-9-11-21(12-10-19)43-30(31,32)33/h3-5,7-14,17-18H,6,15-16H2,1-2H3,(H2,34,35,38,40)/b36-29-. The number of rotatable bonds is 10. The number of methoxy groups -OCH3 is 2. The van der Waals surface area contributed by atoms with Gasteiger partial charge in [0.25, 0.3) is 11.8 Å². The molecule has 44 heavy (non-hydrogen) atoms. The van der Waals surface area contributed by atoms with Crippen molar-refractivity contribution in [2.45, 2.75) is 19.3 Å². The van der Waals surface area contributed by atoms with Gasteiger partial charge in [0.1, 0.15) is 17.2 Å². The van der Waals surface area contributed by atoms with Gasteiger partial charge in [-0.3, -0.25) is 14.9 Å².